The van der Waals surface area contributed by atoms with Crippen molar-refractivity contribution in [3.8, 4) is 5.75 Å². The molecule has 1 N–H and O–H groups in total. The van der Waals surface area contributed by atoms with Gasteiger partial charge in [-0.05, 0) is 18.1 Å². The topological polar surface area (TPSA) is 59.4 Å². The average Bonchev–Trinajstić information content (AvgIpc) is 2.37. The highest BCUT2D eigenvalue weighted by molar-refractivity contribution is 5.92. The Morgan fingerprint density at radius 2 is 2.00 bits per heavy atom. The molecule has 1 aromatic heterocycles. The van der Waals surface area contributed by atoms with Crippen molar-refractivity contribution in [2.75, 3.05) is 0 Å². The second-order valence-corrected chi connectivity index (χ2v) is 3.91. The van der Waals surface area contributed by atoms with Gasteiger partial charge in [0.15, 0.2) is 5.75 Å². The Hall–Kier alpha value is -2.36. The lowest BCUT2D eigenvalue weighted by atomic mass is 10.1. The van der Waals surface area contributed by atoms with E-state index in [4.69, 9.17) is 9.84 Å². The zero-order valence-corrected chi connectivity index (χ0v) is 9.96. The van der Waals surface area contributed by atoms with Crippen molar-refractivity contribution in [3.63, 3.8) is 0 Å². The maximum Gasteiger partial charge on any atom is 0.339 e. The summed E-state index contributed by atoms with van der Waals surface area (Å²) in [6.45, 7) is 2.03. The molecule has 18 heavy (non-hydrogen) atoms. The van der Waals surface area contributed by atoms with Crippen LogP contribution in [0.4, 0.5) is 0 Å². The van der Waals surface area contributed by atoms with Gasteiger partial charge in [0.25, 0.3) is 0 Å². The number of carboxylic acid groups (broad SMARTS) is 1. The molecule has 1 aromatic carbocycles. The van der Waals surface area contributed by atoms with Gasteiger partial charge in [-0.25, -0.2) is 4.79 Å². The molecule has 0 aliphatic carbocycles. The SMILES string of the molecule is Cc1cncc(OCc2ccccc2)c1C(=O)O. The van der Waals surface area contributed by atoms with Crippen molar-refractivity contribution in [2.24, 2.45) is 0 Å². The number of benzene rings is 1. The number of pyridine rings is 1. The molecule has 0 bridgehead atoms. The number of rotatable bonds is 4. The van der Waals surface area contributed by atoms with E-state index in [0.29, 0.717) is 17.9 Å². The highest BCUT2D eigenvalue weighted by Gasteiger charge is 2.14. The molecule has 0 spiro atoms. The molecular weight excluding hydrogens is 230 g/mol. The molecule has 0 atom stereocenters. The highest BCUT2D eigenvalue weighted by atomic mass is 16.5. The lowest BCUT2D eigenvalue weighted by molar-refractivity contribution is 0.0690. The Balaban J connectivity index is 2.20. The minimum atomic E-state index is -1.00. The summed E-state index contributed by atoms with van der Waals surface area (Å²) in [5.74, 6) is -0.704. The van der Waals surface area contributed by atoms with Crippen molar-refractivity contribution in [1.29, 1.82) is 0 Å². The Kier molecular flexibility index (Phi) is 3.57. The molecule has 0 aliphatic heterocycles. The average molecular weight is 243 g/mol. The van der Waals surface area contributed by atoms with Gasteiger partial charge in [0.05, 0.1) is 6.20 Å². The van der Waals surface area contributed by atoms with E-state index < -0.39 is 5.97 Å². The number of ether oxygens (including phenoxy) is 1. The van der Waals surface area contributed by atoms with Crippen molar-refractivity contribution < 1.29 is 14.6 Å². The Morgan fingerprint density at radius 3 is 2.67 bits per heavy atom. The monoisotopic (exact) mass is 243 g/mol. The minimum absolute atomic E-state index is 0.168. The van der Waals surface area contributed by atoms with Gasteiger partial charge in [-0.3, -0.25) is 4.98 Å². The van der Waals surface area contributed by atoms with Crippen LogP contribution in [-0.2, 0) is 6.61 Å². The normalized spacial score (nSPS) is 10.1. The third-order valence-corrected chi connectivity index (χ3v) is 2.55. The number of hydrogen-bond donors (Lipinski definition) is 1. The fourth-order valence-corrected chi connectivity index (χ4v) is 1.66. The van der Waals surface area contributed by atoms with E-state index in [1.54, 1.807) is 6.92 Å². The fraction of sp³-hybridized carbons (Fsp3) is 0.143. The standard InChI is InChI=1S/C14H13NO3/c1-10-7-15-8-12(13(10)14(16)17)18-9-11-5-3-2-4-6-11/h2-8H,9H2,1H3,(H,16,17). The van der Waals surface area contributed by atoms with E-state index in [0.717, 1.165) is 5.56 Å². The number of carbonyl (C=O) groups is 1. The lowest BCUT2D eigenvalue weighted by Gasteiger charge is -2.10. The summed E-state index contributed by atoms with van der Waals surface area (Å²) in [7, 11) is 0. The zero-order chi connectivity index (χ0) is 13.0. The number of aromatic carboxylic acids is 1. The van der Waals surface area contributed by atoms with Gasteiger partial charge in [-0.15, -0.1) is 0 Å². The molecule has 0 amide bonds. The second kappa shape index (κ2) is 5.31. The van der Waals surface area contributed by atoms with Gasteiger partial charge in [0.2, 0.25) is 0 Å². The predicted octanol–water partition coefficient (Wildman–Crippen LogP) is 2.67. The van der Waals surface area contributed by atoms with Crippen molar-refractivity contribution in [1.82, 2.24) is 4.98 Å². The Morgan fingerprint density at radius 1 is 1.28 bits per heavy atom. The van der Waals surface area contributed by atoms with Crippen molar-refractivity contribution >= 4 is 5.97 Å². The van der Waals surface area contributed by atoms with E-state index in [-0.39, 0.29) is 5.56 Å². The summed E-state index contributed by atoms with van der Waals surface area (Å²) in [5, 5.41) is 9.14. The van der Waals surface area contributed by atoms with Gasteiger partial charge in [0, 0.05) is 6.20 Å². The smallest absolute Gasteiger partial charge is 0.339 e. The van der Waals surface area contributed by atoms with Crippen molar-refractivity contribution in [3.05, 3.63) is 59.4 Å². The van der Waals surface area contributed by atoms with Crippen molar-refractivity contribution in [2.45, 2.75) is 13.5 Å². The maximum atomic E-state index is 11.1. The van der Waals surface area contributed by atoms with E-state index in [2.05, 4.69) is 4.98 Å². The fourth-order valence-electron chi connectivity index (χ4n) is 1.66. The molecule has 2 aromatic rings. The number of aryl methyl sites for hydroxylation is 1. The van der Waals surface area contributed by atoms with Crippen LogP contribution in [0, 0.1) is 6.92 Å². The molecule has 0 aliphatic rings. The Labute approximate surface area is 105 Å². The third kappa shape index (κ3) is 2.66. The van der Waals surface area contributed by atoms with Crippen LogP contribution in [0.5, 0.6) is 5.75 Å². The molecule has 0 saturated heterocycles. The molecule has 4 heteroatoms. The lowest BCUT2D eigenvalue weighted by Crippen LogP contribution is -2.06. The molecule has 1 heterocycles. The zero-order valence-electron chi connectivity index (χ0n) is 9.96. The maximum absolute atomic E-state index is 11.1. The summed E-state index contributed by atoms with van der Waals surface area (Å²) >= 11 is 0. The quantitative estimate of drug-likeness (QED) is 0.896. The molecular formula is C14H13NO3. The van der Waals surface area contributed by atoms with Crippen LogP contribution >= 0.6 is 0 Å². The molecule has 0 saturated carbocycles. The molecule has 0 radical (unpaired) electrons. The first-order chi connectivity index (χ1) is 8.68. The summed E-state index contributed by atoms with van der Waals surface area (Å²) in [5.41, 5.74) is 1.74. The summed E-state index contributed by atoms with van der Waals surface area (Å²) in [6.07, 6.45) is 2.94. The molecule has 2 rings (SSSR count). The van der Waals surface area contributed by atoms with E-state index in [1.165, 1.54) is 12.4 Å². The third-order valence-electron chi connectivity index (χ3n) is 2.55. The molecule has 0 fully saturated rings. The Bertz CT molecular complexity index is 552. The van der Waals surface area contributed by atoms with Crippen LogP contribution in [0.1, 0.15) is 21.5 Å². The van der Waals surface area contributed by atoms with E-state index in [9.17, 15) is 4.79 Å². The van der Waals surface area contributed by atoms with Gasteiger partial charge in [-0.2, -0.15) is 0 Å². The van der Waals surface area contributed by atoms with Gasteiger partial charge in [0.1, 0.15) is 12.2 Å². The van der Waals surface area contributed by atoms with Crippen LogP contribution in [0.15, 0.2) is 42.7 Å². The van der Waals surface area contributed by atoms with Crippen LogP contribution in [0.2, 0.25) is 0 Å². The number of carboxylic acids is 1. The minimum Gasteiger partial charge on any atom is -0.486 e. The van der Waals surface area contributed by atoms with Crippen LogP contribution in [0.25, 0.3) is 0 Å². The van der Waals surface area contributed by atoms with Crippen LogP contribution in [-0.4, -0.2) is 16.1 Å². The van der Waals surface area contributed by atoms with Gasteiger partial charge in [-0.1, -0.05) is 30.3 Å². The molecule has 0 unspecified atom stereocenters. The van der Waals surface area contributed by atoms with E-state index in [1.807, 2.05) is 30.3 Å². The molecule has 92 valence electrons. The molecule has 4 nitrogen and oxygen atoms in total. The largest absolute Gasteiger partial charge is 0.486 e. The van der Waals surface area contributed by atoms with Crippen LogP contribution in [0.3, 0.4) is 0 Å². The van der Waals surface area contributed by atoms with Crippen LogP contribution < -0.4 is 4.74 Å². The first kappa shape index (κ1) is 12.1. The summed E-state index contributed by atoms with van der Waals surface area (Å²) < 4.78 is 5.52. The first-order valence-corrected chi connectivity index (χ1v) is 5.53. The summed E-state index contributed by atoms with van der Waals surface area (Å²) in [6, 6.07) is 9.57. The number of nitrogens with zero attached hydrogens (tertiary/aromatic N) is 1. The van der Waals surface area contributed by atoms with Gasteiger partial charge >= 0.3 is 5.97 Å². The van der Waals surface area contributed by atoms with E-state index >= 15 is 0 Å². The first-order valence-electron chi connectivity index (χ1n) is 5.53. The predicted molar refractivity (Wildman–Crippen MR) is 66.7 cm³/mol. The number of aromatic nitrogens is 1. The van der Waals surface area contributed by atoms with Gasteiger partial charge < -0.3 is 9.84 Å². The summed E-state index contributed by atoms with van der Waals surface area (Å²) in [4.78, 5) is 15.1. The highest BCUT2D eigenvalue weighted by Crippen LogP contribution is 2.21. The second-order valence-electron chi connectivity index (χ2n) is 3.91. The number of hydrogen-bond acceptors (Lipinski definition) is 3.